The molecule has 8 rings (SSSR count). The largest absolute Gasteiger partial charge is 0.373 e. The van der Waals surface area contributed by atoms with Crippen molar-refractivity contribution in [1.29, 1.82) is 0 Å². The van der Waals surface area contributed by atoms with Crippen LogP contribution in [0.25, 0.3) is 0 Å². The predicted octanol–water partition coefficient (Wildman–Crippen LogP) is 10.3. The van der Waals surface area contributed by atoms with Gasteiger partial charge >= 0.3 is 0 Å². The van der Waals surface area contributed by atoms with Crippen LogP contribution in [0.5, 0.6) is 0 Å². The van der Waals surface area contributed by atoms with Crippen molar-refractivity contribution < 1.29 is 0 Å². The molecule has 44 heavy (non-hydrogen) atoms. The third-order valence-corrected chi connectivity index (χ3v) is 12.9. The van der Waals surface area contributed by atoms with E-state index in [1.54, 1.807) is 28.0 Å². The zero-order chi connectivity index (χ0) is 29.3. The smallest absolute Gasteiger partial charge is 0.0837 e. The molecule has 1 aliphatic heterocycles. The number of hydrogen-bond acceptors (Lipinski definition) is 2. The van der Waals surface area contributed by atoms with E-state index >= 15 is 0 Å². The molecule has 0 aromatic heterocycles. The number of nitrogens with one attached hydrogen (secondary N) is 2. The van der Waals surface area contributed by atoms with Gasteiger partial charge in [-0.2, -0.15) is 0 Å². The van der Waals surface area contributed by atoms with Crippen LogP contribution in [-0.4, -0.2) is 12.2 Å². The summed E-state index contributed by atoms with van der Waals surface area (Å²) in [5.41, 5.74) is 8.73. The van der Waals surface area contributed by atoms with Crippen LogP contribution in [0, 0.1) is 35.0 Å². The summed E-state index contributed by atoms with van der Waals surface area (Å²) in [4.78, 5) is 0. The zero-order valence-electron chi connectivity index (χ0n) is 27.1. The topological polar surface area (TPSA) is 24.1 Å². The highest BCUT2D eigenvalue weighted by Crippen LogP contribution is 2.64. The lowest BCUT2D eigenvalue weighted by atomic mass is 9.47. The lowest BCUT2D eigenvalue weighted by Gasteiger charge is -2.56. The van der Waals surface area contributed by atoms with Crippen LogP contribution in [0.1, 0.15) is 116 Å². The molecule has 0 amide bonds. The fourth-order valence-corrected chi connectivity index (χ4v) is 10.9. The molecule has 0 aromatic rings. The van der Waals surface area contributed by atoms with Crippen molar-refractivity contribution in [3.8, 4) is 0 Å². The normalized spacial score (nSPS) is 39.1. The van der Waals surface area contributed by atoms with Gasteiger partial charge in [0.2, 0.25) is 0 Å². The van der Waals surface area contributed by atoms with Crippen molar-refractivity contribution in [3.63, 3.8) is 0 Å². The lowest BCUT2D eigenvalue weighted by molar-refractivity contribution is 0.194. The molecule has 1 heterocycles. The Morgan fingerprint density at radius 2 is 1.59 bits per heavy atom. The van der Waals surface area contributed by atoms with Gasteiger partial charge in [0.1, 0.15) is 0 Å². The Bertz CT molecular complexity index is 1320. The number of fused-ring (bicyclic) bond motifs is 2. The number of allylic oxidation sites excluding steroid dienone is 13. The highest BCUT2D eigenvalue weighted by Gasteiger charge is 2.54. The molecule has 234 valence electrons. The van der Waals surface area contributed by atoms with Gasteiger partial charge in [-0.25, -0.2) is 0 Å². The highest BCUT2D eigenvalue weighted by molar-refractivity contribution is 5.57. The van der Waals surface area contributed by atoms with Crippen molar-refractivity contribution in [2.24, 2.45) is 35.0 Å². The first-order chi connectivity index (χ1) is 21.8. The SMILES string of the molecule is C1=CCC(C2NC(C3CCCCC3)=CC(C3C=C(C4(C5=CCCCC5)C5=CCCC=C5CC5CCC=CC54)CCC3)N2)C=C1. The van der Waals surface area contributed by atoms with Gasteiger partial charge in [0.05, 0.1) is 6.17 Å². The van der Waals surface area contributed by atoms with E-state index in [0.29, 0.717) is 30.0 Å². The van der Waals surface area contributed by atoms with Crippen LogP contribution >= 0.6 is 0 Å². The Hall–Kier alpha value is -2.32. The minimum absolute atomic E-state index is 0.102. The summed E-state index contributed by atoms with van der Waals surface area (Å²) in [5.74, 6) is 3.23. The van der Waals surface area contributed by atoms with Gasteiger partial charge in [0.25, 0.3) is 0 Å². The van der Waals surface area contributed by atoms with Crippen molar-refractivity contribution in [2.45, 2.75) is 128 Å². The highest BCUT2D eigenvalue weighted by atomic mass is 15.2. The van der Waals surface area contributed by atoms with Crippen LogP contribution in [-0.2, 0) is 0 Å². The van der Waals surface area contributed by atoms with Gasteiger partial charge in [-0.1, -0.05) is 91.2 Å². The molecule has 0 saturated heterocycles. The summed E-state index contributed by atoms with van der Waals surface area (Å²) >= 11 is 0. The first kappa shape index (κ1) is 29.1. The second-order valence-electron chi connectivity index (χ2n) is 15.4. The van der Waals surface area contributed by atoms with Crippen molar-refractivity contribution in [1.82, 2.24) is 10.6 Å². The summed E-state index contributed by atoms with van der Waals surface area (Å²) in [6, 6.07) is 0.418. The molecule has 2 heteroatoms. The minimum Gasteiger partial charge on any atom is -0.373 e. The van der Waals surface area contributed by atoms with E-state index in [2.05, 4.69) is 77.5 Å². The fourth-order valence-electron chi connectivity index (χ4n) is 10.9. The molecule has 2 N–H and O–H groups in total. The molecular formula is C42H56N2. The average molecular weight is 589 g/mol. The van der Waals surface area contributed by atoms with E-state index in [9.17, 15) is 0 Å². The Labute approximate surface area is 267 Å². The van der Waals surface area contributed by atoms with Crippen molar-refractivity contribution >= 4 is 0 Å². The molecule has 0 spiro atoms. The van der Waals surface area contributed by atoms with Gasteiger partial charge < -0.3 is 5.32 Å². The molecule has 2 saturated carbocycles. The maximum Gasteiger partial charge on any atom is 0.0837 e. The summed E-state index contributed by atoms with van der Waals surface area (Å²) in [6.07, 6.45) is 52.2. The molecule has 7 unspecified atom stereocenters. The summed E-state index contributed by atoms with van der Waals surface area (Å²) in [7, 11) is 0. The molecule has 0 aromatic carbocycles. The van der Waals surface area contributed by atoms with E-state index in [0.717, 1.165) is 18.3 Å². The van der Waals surface area contributed by atoms with E-state index in [1.165, 1.54) is 109 Å². The van der Waals surface area contributed by atoms with Crippen molar-refractivity contribution in [3.05, 3.63) is 94.8 Å². The Morgan fingerprint density at radius 3 is 2.45 bits per heavy atom. The van der Waals surface area contributed by atoms with E-state index in [1.807, 2.05) is 0 Å². The third kappa shape index (κ3) is 5.32. The Kier molecular flexibility index (Phi) is 8.48. The molecule has 2 nitrogen and oxygen atoms in total. The Morgan fingerprint density at radius 1 is 0.682 bits per heavy atom. The van der Waals surface area contributed by atoms with Crippen LogP contribution < -0.4 is 10.6 Å². The quantitative estimate of drug-likeness (QED) is 0.312. The van der Waals surface area contributed by atoms with Gasteiger partial charge in [-0.15, -0.1) is 0 Å². The van der Waals surface area contributed by atoms with Gasteiger partial charge in [-0.3, -0.25) is 5.32 Å². The number of rotatable bonds is 5. The molecule has 7 aliphatic carbocycles. The van der Waals surface area contributed by atoms with E-state index < -0.39 is 0 Å². The molecular weight excluding hydrogens is 532 g/mol. The molecule has 0 bridgehead atoms. The maximum absolute atomic E-state index is 4.22. The van der Waals surface area contributed by atoms with E-state index in [-0.39, 0.29) is 5.41 Å². The van der Waals surface area contributed by atoms with Crippen LogP contribution in [0.3, 0.4) is 0 Å². The third-order valence-electron chi connectivity index (χ3n) is 12.9. The zero-order valence-corrected chi connectivity index (χ0v) is 27.1. The Balaban J connectivity index is 1.21. The summed E-state index contributed by atoms with van der Waals surface area (Å²) < 4.78 is 0. The second-order valence-corrected chi connectivity index (χ2v) is 15.4. The first-order valence-corrected chi connectivity index (χ1v) is 18.9. The van der Waals surface area contributed by atoms with Gasteiger partial charge in [0.15, 0.2) is 0 Å². The van der Waals surface area contributed by atoms with Crippen LogP contribution in [0.2, 0.25) is 0 Å². The molecule has 2 fully saturated rings. The summed E-state index contributed by atoms with van der Waals surface area (Å²) in [5, 5.41) is 8.30. The monoisotopic (exact) mass is 588 g/mol. The maximum atomic E-state index is 4.22. The van der Waals surface area contributed by atoms with Crippen LogP contribution in [0.4, 0.5) is 0 Å². The van der Waals surface area contributed by atoms with E-state index in [4.69, 9.17) is 0 Å². The fraction of sp³-hybridized carbons (Fsp3) is 0.619. The van der Waals surface area contributed by atoms with Crippen LogP contribution in [0.15, 0.2) is 94.8 Å². The standard InChI is InChI=1S/C42H56N2/c1-4-15-30(16-5-1)39-29-40(44-41(43-39)31-17-6-2-7-18-31)34-21-14-24-36(28-34)42(35-22-8-3-9-23-35)37-25-12-10-19-32(37)27-33-20-11-13-26-38(33)42/h2,6-7,12,17,20,22,25-26,28-32,34,37,40-41,43-44H,1,3-5,8-11,13-16,18-19,21,23-24,27H2. The molecule has 0 radical (unpaired) electrons. The van der Waals surface area contributed by atoms with Crippen molar-refractivity contribution in [2.75, 3.05) is 0 Å². The minimum atomic E-state index is 0.102. The average Bonchev–Trinajstić information content (AvgIpc) is 3.11. The lowest BCUT2D eigenvalue weighted by Crippen LogP contribution is -2.57. The predicted molar refractivity (Wildman–Crippen MR) is 185 cm³/mol. The molecule has 7 atom stereocenters. The van der Waals surface area contributed by atoms with Gasteiger partial charge in [0, 0.05) is 23.1 Å². The van der Waals surface area contributed by atoms with Gasteiger partial charge in [-0.05, 0) is 137 Å². The second kappa shape index (κ2) is 12.8. The first-order valence-electron chi connectivity index (χ1n) is 18.9. The summed E-state index contributed by atoms with van der Waals surface area (Å²) in [6.45, 7) is 0. The molecule has 8 aliphatic rings. The number of hydrogen-bond donors (Lipinski definition) is 2.